The Labute approximate surface area is 169 Å². The second-order valence-corrected chi connectivity index (χ2v) is 7.01. The number of ether oxygens (including phenoxy) is 1. The van der Waals surface area contributed by atoms with E-state index in [1.54, 1.807) is 36.4 Å². The maximum atomic E-state index is 12.2. The molecule has 0 aliphatic rings. The summed E-state index contributed by atoms with van der Waals surface area (Å²) < 4.78 is 4.97. The molecule has 0 saturated carbocycles. The molecule has 1 atom stereocenters. The van der Waals surface area contributed by atoms with Crippen molar-refractivity contribution in [2.45, 2.75) is 32.7 Å². The molecule has 6 nitrogen and oxygen atoms in total. The van der Waals surface area contributed by atoms with E-state index in [-0.39, 0.29) is 10.6 Å². The molecule has 2 N–H and O–H groups in total. The molecule has 0 radical (unpaired) electrons. The van der Waals surface area contributed by atoms with Gasteiger partial charge in [-0.15, -0.1) is 0 Å². The van der Waals surface area contributed by atoms with E-state index in [0.717, 1.165) is 5.56 Å². The molecule has 0 heterocycles. The highest BCUT2D eigenvalue weighted by Crippen LogP contribution is 2.17. The molecule has 0 saturated heterocycles. The smallest absolute Gasteiger partial charge is 0.328 e. The first-order valence-corrected chi connectivity index (χ1v) is 9.27. The first kappa shape index (κ1) is 21.4. The molecule has 148 valence electrons. The number of nitrogens with one attached hydrogen (secondary N) is 2. The molecule has 0 unspecified atom stereocenters. The third-order valence-electron chi connectivity index (χ3n) is 4.03. The standard InChI is InChI=1S/C21H23ClN2O4/c1-13(2)15-8-10-16(11-9-15)24-19(25)12-28-21(27)14(3)23-20(26)17-6-4-5-7-18(17)22/h4-11,13-14H,12H2,1-3H3,(H,23,26)(H,24,25)/t14-/m0/s1. The van der Waals surface area contributed by atoms with Crippen molar-refractivity contribution in [3.8, 4) is 0 Å². The van der Waals surface area contributed by atoms with Crippen LogP contribution in [0.5, 0.6) is 0 Å². The van der Waals surface area contributed by atoms with Crippen LogP contribution < -0.4 is 10.6 Å². The van der Waals surface area contributed by atoms with Crippen LogP contribution in [0.1, 0.15) is 42.6 Å². The van der Waals surface area contributed by atoms with Crippen LogP contribution >= 0.6 is 11.6 Å². The Morgan fingerprint density at radius 1 is 1.00 bits per heavy atom. The molecule has 0 aliphatic heterocycles. The van der Waals surface area contributed by atoms with Gasteiger partial charge in [0.2, 0.25) is 0 Å². The zero-order valence-corrected chi connectivity index (χ0v) is 16.7. The van der Waals surface area contributed by atoms with Crippen molar-refractivity contribution in [3.05, 3.63) is 64.7 Å². The second-order valence-electron chi connectivity index (χ2n) is 6.61. The van der Waals surface area contributed by atoms with Crippen LogP contribution in [0.15, 0.2) is 48.5 Å². The quantitative estimate of drug-likeness (QED) is 0.690. The van der Waals surface area contributed by atoms with Crippen LogP contribution in [0.3, 0.4) is 0 Å². The lowest BCUT2D eigenvalue weighted by Gasteiger charge is -2.14. The Hall–Kier alpha value is -2.86. The minimum absolute atomic E-state index is 0.256. The van der Waals surface area contributed by atoms with E-state index >= 15 is 0 Å². The first-order valence-electron chi connectivity index (χ1n) is 8.89. The molecule has 7 heteroatoms. The molecule has 0 aliphatic carbocycles. The highest BCUT2D eigenvalue weighted by atomic mass is 35.5. The minimum Gasteiger partial charge on any atom is -0.454 e. The number of rotatable bonds is 7. The van der Waals surface area contributed by atoms with Gasteiger partial charge in [0.1, 0.15) is 6.04 Å². The van der Waals surface area contributed by atoms with Gasteiger partial charge in [0.15, 0.2) is 6.61 Å². The van der Waals surface area contributed by atoms with Crippen LogP contribution in [-0.2, 0) is 14.3 Å². The van der Waals surface area contributed by atoms with Crippen molar-refractivity contribution in [1.29, 1.82) is 0 Å². The number of anilines is 1. The fourth-order valence-corrected chi connectivity index (χ4v) is 2.61. The van der Waals surface area contributed by atoms with Crippen LogP contribution in [0.2, 0.25) is 5.02 Å². The van der Waals surface area contributed by atoms with Gasteiger partial charge in [-0.25, -0.2) is 4.79 Å². The van der Waals surface area contributed by atoms with Gasteiger partial charge in [0.25, 0.3) is 11.8 Å². The van der Waals surface area contributed by atoms with Crippen molar-refractivity contribution in [3.63, 3.8) is 0 Å². The van der Waals surface area contributed by atoms with Gasteiger partial charge in [0.05, 0.1) is 10.6 Å². The average Bonchev–Trinajstić information content (AvgIpc) is 2.66. The van der Waals surface area contributed by atoms with Gasteiger partial charge in [0, 0.05) is 5.69 Å². The Morgan fingerprint density at radius 3 is 2.25 bits per heavy atom. The van der Waals surface area contributed by atoms with Gasteiger partial charge in [-0.05, 0) is 42.7 Å². The van der Waals surface area contributed by atoms with E-state index in [4.69, 9.17) is 16.3 Å². The summed E-state index contributed by atoms with van der Waals surface area (Å²) in [5.41, 5.74) is 2.03. The molecule has 0 bridgehead atoms. The van der Waals surface area contributed by atoms with E-state index in [1.807, 2.05) is 12.1 Å². The van der Waals surface area contributed by atoms with Crippen LogP contribution in [0, 0.1) is 0 Å². The first-order chi connectivity index (χ1) is 13.3. The van der Waals surface area contributed by atoms with Gasteiger partial charge >= 0.3 is 5.97 Å². The van der Waals surface area contributed by atoms with Crippen LogP contribution in [-0.4, -0.2) is 30.4 Å². The maximum absolute atomic E-state index is 12.2. The van der Waals surface area contributed by atoms with Crippen molar-refractivity contribution in [1.82, 2.24) is 5.32 Å². The number of hydrogen-bond donors (Lipinski definition) is 2. The van der Waals surface area contributed by atoms with E-state index in [9.17, 15) is 14.4 Å². The van der Waals surface area contributed by atoms with Crippen LogP contribution in [0.25, 0.3) is 0 Å². The molecule has 2 rings (SSSR count). The van der Waals surface area contributed by atoms with Crippen molar-refractivity contribution in [2.24, 2.45) is 0 Å². The number of carbonyl (C=O) groups is 3. The molecule has 2 aromatic rings. The van der Waals surface area contributed by atoms with Gasteiger partial charge in [-0.2, -0.15) is 0 Å². The topological polar surface area (TPSA) is 84.5 Å². The predicted octanol–water partition coefficient (Wildman–Crippen LogP) is 3.76. The highest BCUT2D eigenvalue weighted by molar-refractivity contribution is 6.33. The second kappa shape index (κ2) is 9.90. The average molecular weight is 403 g/mol. The number of carbonyl (C=O) groups excluding carboxylic acids is 3. The normalized spacial score (nSPS) is 11.6. The van der Waals surface area contributed by atoms with Crippen molar-refractivity contribution >= 4 is 35.1 Å². The number of benzene rings is 2. The number of halogens is 1. The predicted molar refractivity (Wildman–Crippen MR) is 108 cm³/mol. The Bertz CT molecular complexity index is 850. The molecule has 0 fully saturated rings. The van der Waals surface area contributed by atoms with Crippen LogP contribution in [0.4, 0.5) is 5.69 Å². The van der Waals surface area contributed by atoms with E-state index in [2.05, 4.69) is 24.5 Å². The number of hydrogen-bond acceptors (Lipinski definition) is 4. The lowest BCUT2D eigenvalue weighted by molar-refractivity contribution is -0.148. The zero-order chi connectivity index (χ0) is 20.7. The Balaban J connectivity index is 1.81. The lowest BCUT2D eigenvalue weighted by atomic mass is 10.0. The molecular weight excluding hydrogens is 380 g/mol. The monoisotopic (exact) mass is 402 g/mol. The zero-order valence-electron chi connectivity index (χ0n) is 16.0. The number of amides is 2. The Kier molecular flexibility index (Phi) is 7.58. The third kappa shape index (κ3) is 6.09. The maximum Gasteiger partial charge on any atom is 0.328 e. The van der Waals surface area contributed by atoms with E-state index < -0.39 is 30.4 Å². The summed E-state index contributed by atoms with van der Waals surface area (Å²) in [4.78, 5) is 36.1. The summed E-state index contributed by atoms with van der Waals surface area (Å²) in [5.74, 6) is -1.28. The van der Waals surface area contributed by atoms with Crippen molar-refractivity contribution < 1.29 is 19.1 Å². The lowest BCUT2D eigenvalue weighted by Crippen LogP contribution is -2.40. The van der Waals surface area contributed by atoms with Gasteiger partial charge in [-0.3, -0.25) is 9.59 Å². The molecular formula is C21H23ClN2O4. The summed E-state index contributed by atoms with van der Waals surface area (Å²) in [6.07, 6.45) is 0. The molecule has 28 heavy (non-hydrogen) atoms. The van der Waals surface area contributed by atoms with E-state index in [0.29, 0.717) is 11.6 Å². The molecule has 0 spiro atoms. The molecule has 2 amide bonds. The number of esters is 1. The molecule has 0 aromatic heterocycles. The summed E-state index contributed by atoms with van der Waals surface area (Å²) in [6.45, 7) is 5.19. The SMILES string of the molecule is CC(C)c1ccc(NC(=O)COC(=O)[C@H](C)NC(=O)c2ccccc2Cl)cc1. The highest BCUT2D eigenvalue weighted by Gasteiger charge is 2.20. The largest absolute Gasteiger partial charge is 0.454 e. The fraction of sp³-hybridized carbons (Fsp3) is 0.286. The van der Waals surface area contributed by atoms with Crippen molar-refractivity contribution in [2.75, 3.05) is 11.9 Å². The van der Waals surface area contributed by atoms with E-state index in [1.165, 1.54) is 6.92 Å². The summed E-state index contributed by atoms with van der Waals surface area (Å²) in [5, 5.41) is 5.43. The summed E-state index contributed by atoms with van der Waals surface area (Å²) >= 11 is 5.96. The summed E-state index contributed by atoms with van der Waals surface area (Å²) in [7, 11) is 0. The summed E-state index contributed by atoms with van der Waals surface area (Å²) in [6, 6.07) is 13.0. The fourth-order valence-electron chi connectivity index (χ4n) is 2.39. The minimum atomic E-state index is -0.929. The third-order valence-corrected chi connectivity index (χ3v) is 4.36. The van der Waals surface area contributed by atoms with Gasteiger partial charge in [-0.1, -0.05) is 49.7 Å². The Morgan fingerprint density at radius 2 is 1.64 bits per heavy atom. The van der Waals surface area contributed by atoms with Gasteiger partial charge < -0.3 is 15.4 Å². The molecule has 2 aromatic carbocycles.